The Morgan fingerprint density at radius 1 is 1.10 bits per heavy atom. The number of hydrogen-bond acceptors (Lipinski definition) is 4. The third-order valence-electron chi connectivity index (χ3n) is 2.66. The number of benzene rings is 2. The molecule has 0 bridgehead atoms. The van der Waals surface area contributed by atoms with Crippen LogP contribution in [0, 0.1) is 21.7 Å². The number of para-hydroxylation sites is 1. The van der Waals surface area contributed by atoms with Crippen LogP contribution in [0.25, 0.3) is 0 Å². The summed E-state index contributed by atoms with van der Waals surface area (Å²) in [5.41, 5.74) is -0.826. The Morgan fingerprint density at radius 3 is 2.43 bits per heavy atom. The minimum absolute atomic E-state index is 0.225. The smallest absolute Gasteiger partial charge is 0.314 e. The highest BCUT2D eigenvalue weighted by Crippen LogP contribution is 2.29. The van der Waals surface area contributed by atoms with E-state index in [1.54, 1.807) is 0 Å². The lowest BCUT2D eigenvalue weighted by Gasteiger charge is -2.07. The fraction of sp³-hybridized carbons (Fsp3) is 0.0714. The van der Waals surface area contributed by atoms with Crippen LogP contribution in [0.15, 0.2) is 42.5 Å². The molecule has 5 nitrogen and oxygen atoms in total. The van der Waals surface area contributed by atoms with Gasteiger partial charge in [0.25, 0.3) is 0 Å². The molecule has 0 unspecified atom stereocenters. The summed E-state index contributed by atoms with van der Waals surface area (Å²) < 4.78 is 31.8. The summed E-state index contributed by atoms with van der Waals surface area (Å²) in [6.07, 6.45) is 0. The minimum atomic E-state index is -0.967. The Hall–Kier alpha value is -2.83. The highest BCUT2D eigenvalue weighted by molar-refractivity contribution is 5.97. The maximum Gasteiger partial charge on any atom is 0.314 e. The maximum absolute atomic E-state index is 13.5. The molecule has 0 heterocycles. The molecular weight excluding hydrogens is 284 g/mol. The zero-order chi connectivity index (χ0) is 15.4. The molecule has 2 aromatic carbocycles. The van der Waals surface area contributed by atoms with Gasteiger partial charge in [0.1, 0.15) is 5.82 Å². The summed E-state index contributed by atoms with van der Waals surface area (Å²) in [6.45, 7) is -0.706. The second kappa shape index (κ2) is 6.08. The minimum Gasteiger partial charge on any atom is -0.476 e. The van der Waals surface area contributed by atoms with E-state index in [4.69, 9.17) is 4.74 Å². The Labute approximate surface area is 117 Å². The van der Waals surface area contributed by atoms with E-state index in [9.17, 15) is 23.7 Å². The van der Waals surface area contributed by atoms with Gasteiger partial charge in [0.2, 0.25) is 11.5 Å². The zero-order valence-electron chi connectivity index (χ0n) is 10.6. The van der Waals surface area contributed by atoms with Gasteiger partial charge in [-0.2, -0.15) is 0 Å². The van der Waals surface area contributed by atoms with Gasteiger partial charge in [-0.05, 0) is 18.2 Å². The van der Waals surface area contributed by atoms with Crippen LogP contribution < -0.4 is 4.74 Å². The summed E-state index contributed by atoms with van der Waals surface area (Å²) in [6, 6.07) is 8.38. The van der Waals surface area contributed by atoms with Gasteiger partial charge in [-0.3, -0.25) is 14.9 Å². The topological polar surface area (TPSA) is 69.4 Å². The van der Waals surface area contributed by atoms with Gasteiger partial charge in [-0.1, -0.05) is 18.2 Å². The Kier molecular flexibility index (Phi) is 4.22. The molecule has 0 spiro atoms. The molecule has 108 valence electrons. The molecule has 0 aliphatic carbocycles. The first kappa shape index (κ1) is 14.6. The monoisotopic (exact) mass is 293 g/mol. The van der Waals surface area contributed by atoms with Gasteiger partial charge in [0, 0.05) is 6.07 Å². The highest BCUT2D eigenvalue weighted by atomic mass is 19.1. The van der Waals surface area contributed by atoms with Crippen LogP contribution in [0.3, 0.4) is 0 Å². The van der Waals surface area contributed by atoms with E-state index in [0.29, 0.717) is 0 Å². The van der Waals surface area contributed by atoms with Crippen LogP contribution in [0.1, 0.15) is 10.4 Å². The van der Waals surface area contributed by atoms with Crippen molar-refractivity contribution >= 4 is 11.5 Å². The van der Waals surface area contributed by atoms with Gasteiger partial charge < -0.3 is 4.74 Å². The van der Waals surface area contributed by atoms with Crippen molar-refractivity contribution in [2.75, 3.05) is 6.61 Å². The van der Waals surface area contributed by atoms with Crippen molar-refractivity contribution in [1.29, 1.82) is 0 Å². The average molecular weight is 293 g/mol. The summed E-state index contributed by atoms with van der Waals surface area (Å²) in [5.74, 6) is -3.10. The second-order valence-corrected chi connectivity index (χ2v) is 4.04. The molecule has 0 N–H and O–H groups in total. The number of carbonyl (C=O) groups is 1. The summed E-state index contributed by atoms with van der Waals surface area (Å²) in [7, 11) is 0. The fourth-order valence-electron chi connectivity index (χ4n) is 1.69. The predicted molar refractivity (Wildman–Crippen MR) is 69.3 cm³/mol. The van der Waals surface area contributed by atoms with Crippen molar-refractivity contribution in [2.45, 2.75) is 0 Å². The van der Waals surface area contributed by atoms with E-state index >= 15 is 0 Å². The molecule has 0 atom stereocenters. The van der Waals surface area contributed by atoms with E-state index in [1.807, 2.05) is 0 Å². The van der Waals surface area contributed by atoms with Crippen molar-refractivity contribution in [2.24, 2.45) is 0 Å². The fourth-order valence-corrected chi connectivity index (χ4v) is 1.69. The van der Waals surface area contributed by atoms with Crippen molar-refractivity contribution < 1.29 is 23.2 Å². The summed E-state index contributed by atoms with van der Waals surface area (Å²) >= 11 is 0. The predicted octanol–water partition coefficient (Wildman–Crippen LogP) is 3.13. The molecule has 2 rings (SSSR count). The van der Waals surface area contributed by atoms with Crippen molar-refractivity contribution in [3.63, 3.8) is 0 Å². The van der Waals surface area contributed by atoms with Crippen LogP contribution in [0.4, 0.5) is 14.5 Å². The van der Waals surface area contributed by atoms with E-state index in [0.717, 1.165) is 24.3 Å². The van der Waals surface area contributed by atoms with E-state index in [2.05, 4.69) is 0 Å². The van der Waals surface area contributed by atoms with E-state index in [1.165, 1.54) is 18.2 Å². The SMILES string of the molecule is O=C(COc1c(F)cccc1[N+](=O)[O-])c1ccccc1F. The summed E-state index contributed by atoms with van der Waals surface area (Å²) in [5, 5.41) is 10.8. The lowest BCUT2D eigenvalue weighted by Crippen LogP contribution is -2.14. The van der Waals surface area contributed by atoms with Gasteiger partial charge >= 0.3 is 5.69 Å². The van der Waals surface area contributed by atoms with Crippen molar-refractivity contribution in [1.82, 2.24) is 0 Å². The molecule has 7 heteroatoms. The number of nitro benzene ring substituents is 1. The Balaban J connectivity index is 2.19. The number of rotatable bonds is 5. The molecule has 0 saturated heterocycles. The number of Topliss-reactive ketones (excluding diaryl/α,β-unsaturated/α-hetero) is 1. The third-order valence-corrected chi connectivity index (χ3v) is 2.66. The molecular formula is C14H9F2NO4. The van der Waals surface area contributed by atoms with Crippen LogP contribution in [-0.2, 0) is 0 Å². The summed E-state index contributed by atoms with van der Waals surface area (Å²) in [4.78, 5) is 21.7. The Morgan fingerprint density at radius 2 is 1.76 bits per heavy atom. The standard InChI is InChI=1S/C14H9F2NO4/c15-10-5-2-1-4-9(10)13(18)8-21-14-11(16)6-3-7-12(14)17(19)20/h1-7H,8H2. The van der Waals surface area contributed by atoms with Gasteiger partial charge in [0.05, 0.1) is 10.5 Å². The largest absolute Gasteiger partial charge is 0.476 e. The van der Waals surface area contributed by atoms with E-state index in [-0.39, 0.29) is 5.56 Å². The molecule has 0 saturated carbocycles. The first-order valence-electron chi connectivity index (χ1n) is 5.84. The normalized spacial score (nSPS) is 10.2. The number of nitrogens with zero attached hydrogens (tertiary/aromatic N) is 1. The maximum atomic E-state index is 13.5. The third kappa shape index (κ3) is 3.19. The quantitative estimate of drug-likeness (QED) is 0.482. The second-order valence-electron chi connectivity index (χ2n) is 4.04. The lowest BCUT2D eigenvalue weighted by atomic mass is 10.1. The molecule has 0 fully saturated rings. The van der Waals surface area contributed by atoms with Gasteiger partial charge in [-0.25, -0.2) is 8.78 Å². The number of carbonyl (C=O) groups excluding carboxylic acids is 1. The first-order chi connectivity index (χ1) is 10.0. The van der Waals surface area contributed by atoms with Crippen LogP contribution in [-0.4, -0.2) is 17.3 Å². The molecule has 0 radical (unpaired) electrons. The first-order valence-corrected chi connectivity index (χ1v) is 5.84. The highest BCUT2D eigenvalue weighted by Gasteiger charge is 2.21. The molecule has 0 amide bonds. The molecule has 0 aliphatic heterocycles. The molecule has 2 aromatic rings. The molecule has 0 aliphatic rings. The van der Waals surface area contributed by atoms with Gasteiger partial charge in [0.15, 0.2) is 12.4 Å². The van der Waals surface area contributed by atoms with E-state index < -0.39 is 40.4 Å². The Bertz CT molecular complexity index is 703. The molecule has 21 heavy (non-hydrogen) atoms. The molecule has 0 aromatic heterocycles. The number of hydrogen-bond donors (Lipinski definition) is 0. The lowest BCUT2D eigenvalue weighted by molar-refractivity contribution is -0.386. The number of nitro groups is 1. The zero-order valence-corrected chi connectivity index (χ0v) is 10.6. The average Bonchev–Trinajstić information content (AvgIpc) is 2.45. The number of ether oxygens (including phenoxy) is 1. The van der Waals surface area contributed by atoms with Crippen molar-refractivity contribution in [3.05, 3.63) is 69.8 Å². The van der Waals surface area contributed by atoms with Gasteiger partial charge in [-0.15, -0.1) is 0 Å². The number of ketones is 1. The van der Waals surface area contributed by atoms with Crippen molar-refractivity contribution in [3.8, 4) is 5.75 Å². The van der Waals surface area contributed by atoms with Crippen LogP contribution >= 0.6 is 0 Å². The van der Waals surface area contributed by atoms with Crippen LogP contribution in [0.2, 0.25) is 0 Å². The van der Waals surface area contributed by atoms with Crippen LogP contribution in [0.5, 0.6) is 5.75 Å². The number of halogens is 2.